The normalized spacial score (nSPS) is 11.6. The Labute approximate surface area is 233 Å². The number of methoxy groups -OCH3 is 2. The second-order valence-electron chi connectivity index (χ2n) is 8.82. The summed E-state index contributed by atoms with van der Waals surface area (Å²) in [4.78, 5) is 29.4. The van der Waals surface area contributed by atoms with Crippen LogP contribution in [0, 0.1) is 0 Å². The number of alkyl halides is 3. The van der Waals surface area contributed by atoms with Gasteiger partial charge in [-0.15, -0.1) is 0 Å². The summed E-state index contributed by atoms with van der Waals surface area (Å²) in [5.41, 5.74) is -0.337. The highest BCUT2D eigenvalue weighted by atomic mass is 19.4. The molecule has 1 N–H and O–H groups in total. The fourth-order valence-electron chi connectivity index (χ4n) is 3.92. The van der Waals surface area contributed by atoms with Crippen LogP contribution in [-0.4, -0.2) is 47.3 Å². The first-order valence-electron chi connectivity index (χ1n) is 12.6. The summed E-state index contributed by atoms with van der Waals surface area (Å²) in [5.74, 6) is -0.514. The van der Waals surface area contributed by atoms with E-state index in [1.165, 1.54) is 38.5 Å². The molecule has 0 aliphatic heterocycles. The Balaban J connectivity index is 1.66. The maximum Gasteiger partial charge on any atom is 0.433 e. The number of esters is 1. The Morgan fingerprint density at radius 2 is 1.83 bits per heavy atom. The predicted molar refractivity (Wildman–Crippen MR) is 146 cm³/mol. The van der Waals surface area contributed by atoms with E-state index >= 15 is 0 Å². The van der Waals surface area contributed by atoms with Gasteiger partial charge in [0, 0.05) is 17.3 Å². The van der Waals surface area contributed by atoms with Gasteiger partial charge in [-0.3, -0.25) is 4.79 Å². The first-order valence-corrected chi connectivity index (χ1v) is 12.6. The number of unbranched alkanes of at least 4 members (excludes halogenated alkanes) is 1. The number of nitrogens with zero attached hydrogens (tertiary/aromatic N) is 3. The molecule has 2 heterocycles. The van der Waals surface area contributed by atoms with Gasteiger partial charge in [0.1, 0.15) is 5.56 Å². The number of carbonyl (C=O) groups excluding carboxylic acids is 2. The highest BCUT2D eigenvalue weighted by Crippen LogP contribution is 2.36. The summed E-state index contributed by atoms with van der Waals surface area (Å²) in [5, 5.41) is 6.46. The van der Waals surface area contributed by atoms with Gasteiger partial charge >= 0.3 is 12.1 Å². The number of hydrogen-bond donors (Lipinski definition) is 1. The van der Waals surface area contributed by atoms with Crippen molar-refractivity contribution in [1.82, 2.24) is 14.6 Å². The van der Waals surface area contributed by atoms with Crippen molar-refractivity contribution in [1.29, 1.82) is 0 Å². The van der Waals surface area contributed by atoms with E-state index in [0.717, 1.165) is 25.1 Å². The van der Waals surface area contributed by atoms with Crippen molar-refractivity contribution < 1.29 is 37.0 Å². The van der Waals surface area contributed by atoms with E-state index in [1.54, 1.807) is 30.3 Å². The Kier molecular flexibility index (Phi) is 8.91. The van der Waals surface area contributed by atoms with Crippen molar-refractivity contribution in [3.05, 3.63) is 77.6 Å². The van der Waals surface area contributed by atoms with Crippen LogP contribution in [0.3, 0.4) is 0 Å². The van der Waals surface area contributed by atoms with Gasteiger partial charge in [0.05, 0.1) is 32.7 Å². The van der Waals surface area contributed by atoms with E-state index in [-0.39, 0.29) is 16.9 Å². The minimum atomic E-state index is -4.79. The Bertz CT molecular complexity index is 1600. The molecule has 0 bridgehead atoms. The zero-order valence-electron chi connectivity index (χ0n) is 22.5. The SMILES string of the molecule is CCCCOC(=O)C=Cc1cccc(NC(=O)c2cnn3c(C(F)(F)F)cc(-c4ccc(OC)c(OC)c4)nc23)c1. The number of halogens is 3. The molecule has 214 valence electrons. The standard InChI is InChI=1S/C29H27F3N4O5/c1-4-5-13-41-26(37)12-9-18-7-6-8-20(14-18)34-28(38)21-17-33-36-25(29(30,31)32)16-22(35-27(21)36)19-10-11-23(39-2)24(15-19)40-3/h6-12,14-17H,4-5,13H2,1-3H3,(H,34,38). The Morgan fingerprint density at radius 3 is 2.54 bits per heavy atom. The fourth-order valence-corrected chi connectivity index (χ4v) is 3.92. The van der Waals surface area contributed by atoms with Gasteiger partial charge < -0.3 is 19.5 Å². The molecule has 9 nitrogen and oxygen atoms in total. The topological polar surface area (TPSA) is 104 Å². The predicted octanol–water partition coefficient (Wildman–Crippen LogP) is 6.04. The summed E-state index contributed by atoms with van der Waals surface area (Å²) >= 11 is 0. The van der Waals surface area contributed by atoms with Crippen molar-refractivity contribution >= 4 is 29.3 Å². The van der Waals surface area contributed by atoms with Crippen LogP contribution in [-0.2, 0) is 15.7 Å². The van der Waals surface area contributed by atoms with Crippen molar-refractivity contribution in [2.45, 2.75) is 25.9 Å². The fraction of sp³-hybridized carbons (Fsp3) is 0.241. The maximum atomic E-state index is 14.0. The van der Waals surface area contributed by atoms with Crippen molar-refractivity contribution in [2.75, 3.05) is 26.1 Å². The summed E-state index contributed by atoms with van der Waals surface area (Å²) in [6.45, 7) is 2.31. The van der Waals surface area contributed by atoms with E-state index < -0.39 is 23.7 Å². The zero-order chi connectivity index (χ0) is 29.6. The number of carbonyl (C=O) groups is 2. The molecule has 0 atom stereocenters. The van der Waals surface area contributed by atoms with Crippen LogP contribution in [0.5, 0.6) is 11.5 Å². The maximum absolute atomic E-state index is 14.0. The number of amides is 1. The third-order valence-corrected chi connectivity index (χ3v) is 5.98. The lowest BCUT2D eigenvalue weighted by Crippen LogP contribution is -2.16. The molecule has 4 rings (SSSR count). The Morgan fingerprint density at radius 1 is 1.05 bits per heavy atom. The van der Waals surface area contributed by atoms with E-state index in [4.69, 9.17) is 14.2 Å². The molecular formula is C29H27F3N4O5. The second-order valence-corrected chi connectivity index (χ2v) is 8.82. The second kappa shape index (κ2) is 12.5. The van der Waals surface area contributed by atoms with Gasteiger partial charge in [-0.05, 0) is 54.5 Å². The zero-order valence-corrected chi connectivity index (χ0v) is 22.5. The minimum absolute atomic E-state index is 0.0433. The monoisotopic (exact) mass is 568 g/mol. The highest BCUT2D eigenvalue weighted by molar-refractivity contribution is 6.08. The third kappa shape index (κ3) is 6.83. The molecule has 1 amide bonds. The average molecular weight is 569 g/mol. The van der Waals surface area contributed by atoms with Gasteiger partial charge in [0.2, 0.25) is 0 Å². The number of ether oxygens (including phenoxy) is 3. The van der Waals surface area contributed by atoms with Crippen molar-refractivity contribution in [2.24, 2.45) is 0 Å². The van der Waals surface area contributed by atoms with Gasteiger partial charge in [-0.2, -0.15) is 18.3 Å². The average Bonchev–Trinajstić information content (AvgIpc) is 3.39. The van der Waals surface area contributed by atoms with Crippen LogP contribution in [0.2, 0.25) is 0 Å². The van der Waals surface area contributed by atoms with Crippen molar-refractivity contribution in [3.8, 4) is 22.8 Å². The molecule has 12 heteroatoms. The summed E-state index contributed by atoms with van der Waals surface area (Å²) in [6, 6.07) is 12.0. The van der Waals surface area contributed by atoms with E-state index in [0.29, 0.717) is 39.4 Å². The number of hydrogen-bond acceptors (Lipinski definition) is 7. The lowest BCUT2D eigenvalue weighted by Gasteiger charge is -2.13. The van der Waals surface area contributed by atoms with E-state index in [2.05, 4.69) is 15.4 Å². The van der Waals surface area contributed by atoms with Gasteiger partial charge in [0.15, 0.2) is 22.8 Å². The summed E-state index contributed by atoms with van der Waals surface area (Å²) in [7, 11) is 2.85. The number of aromatic nitrogens is 3. The van der Waals surface area contributed by atoms with Gasteiger partial charge in [-0.1, -0.05) is 25.5 Å². The minimum Gasteiger partial charge on any atom is -0.493 e. The molecule has 0 aliphatic rings. The summed E-state index contributed by atoms with van der Waals surface area (Å²) in [6.07, 6.45) is 0.716. The van der Waals surface area contributed by atoms with E-state index in [9.17, 15) is 22.8 Å². The molecule has 0 radical (unpaired) electrons. The molecule has 4 aromatic rings. The van der Waals surface area contributed by atoms with Crippen LogP contribution in [0.15, 0.2) is 60.8 Å². The first kappa shape index (κ1) is 29.1. The van der Waals surface area contributed by atoms with Crippen LogP contribution in [0.4, 0.5) is 18.9 Å². The smallest absolute Gasteiger partial charge is 0.433 e. The van der Waals surface area contributed by atoms with Crippen LogP contribution in [0.1, 0.15) is 41.4 Å². The van der Waals surface area contributed by atoms with Crippen molar-refractivity contribution in [3.63, 3.8) is 0 Å². The number of anilines is 1. The van der Waals surface area contributed by atoms with Crippen LogP contribution >= 0.6 is 0 Å². The summed E-state index contributed by atoms with van der Waals surface area (Å²) < 4.78 is 58.2. The first-order chi connectivity index (χ1) is 19.6. The van der Waals surface area contributed by atoms with Crippen LogP contribution < -0.4 is 14.8 Å². The molecular weight excluding hydrogens is 541 g/mol. The molecule has 0 unspecified atom stereocenters. The molecule has 2 aromatic carbocycles. The quantitative estimate of drug-likeness (QED) is 0.141. The lowest BCUT2D eigenvalue weighted by atomic mass is 10.1. The number of benzene rings is 2. The molecule has 0 saturated carbocycles. The van der Waals surface area contributed by atoms with Crippen LogP contribution in [0.25, 0.3) is 23.0 Å². The molecule has 2 aromatic heterocycles. The molecule has 0 spiro atoms. The number of rotatable bonds is 10. The molecule has 0 saturated heterocycles. The van der Waals surface area contributed by atoms with Gasteiger partial charge in [-0.25, -0.2) is 14.3 Å². The van der Waals surface area contributed by atoms with Gasteiger partial charge in [0.25, 0.3) is 5.91 Å². The third-order valence-electron chi connectivity index (χ3n) is 5.98. The molecule has 0 fully saturated rings. The number of fused-ring (bicyclic) bond motifs is 1. The lowest BCUT2D eigenvalue weighted by molar-refractivity contribution is -0.142. The van der Waals surface area contributed by atoms with E-state index in [1.807, 2.05) is 6.92 Å². The number of nitrogens with one attached hydrogen (secondary N) is 1. The molecule has 0 aliphatic carbocycles. The Hall–Kier alpha value is -4.87. The largest absolute Gasteiger partial charge is 0.493 e. The molecule has 41 heavy (non-hydrogen) atoms. The highest BCUT2D eigenvalue weighted by Gasteiger charge is 2.36.